The Morgan fingerprint density at radius 1 is 1.27 bits per heavy atom. The van der Waals surface area contributed by atoms with Gasteiger partial charge in [-0.1, -0.05) is 12.8 Å². The Labute approximate surface area is 92.7 Å². The van der Waals surface area contributed by atoms with Crippen molar-refractivity contribution in [3.8, 4) is 0 Å². The highest BCUT2D eigenvalue weighted by Gasteiger charge is 2.49. The highest BCUT2D eigenvalue weighted by atomic mass is 32.2. The summed E-state index contributed by atoms with van der Waals surface area (Å²) < 4.78 is 26.6. The van der Waals surface area contributed by atoms with Gasteiger partial charge in [0.15, 0.2) is 0 Å². The molecule has 3 nitrogen and oxygen atoms in total. The lowest BCUT2D eigenvalue weighted by molar-refractivity contribution is 0.488. The smallest absolute Gasteiger partial charge is 0.212 e. The van der Waals surface area contributed by atoms with Crippen LogP contribution in [0.25, 0.3) is 0 Å². The van der Waals surface area contributed by atoms with Gasteiger partial charge in [0, 0.05) is 5.54 Å². The summed E-state index contributed by atoms with van der Waals surface area (Å²) in [5.41, 5.74) is -0.342. The lowest BCUT2D eigenvalue weighted by Crippen LogP contribution is -2.42. The molecule has 0 saturated heterocycles. The Bertz CT molecular complexity index is 338. The first-order valence-electron chi connectivity index (χ1n) is 5.81. The number of sulfonamides is 1. The summed E-state index contributed by atoms with van der Waals surface area (Å²) in [5.74, 6) is 1.28. The van der Waals surface area contributed by atoms with E-state index in [2.05, 4.69) is 4.72 Å². The molecule has 88 valence electrons. The molecule has 2 rings (SSSR count). The zero-order chi connectivity index (χ0) is 11.3. The average Bonchev–Trinajstić information content (AvgIpc) is 2.78. The molecule has 0 aromatic heterocycles. The van der Waals surface area contributed by atoms with Crippen LogP contribution in [0.15, 0.2) is 0 Å². The molecule has 2 aliphatic rings. The molecule has 0 radical (unpaired) electrons. The van der Waals surface area contributed by atoms with E-state index in [9.17, 15) is 8.42 Å². The van der Waals surface area contributed by atoms with Gasteiger partial charge < -0.3 is 0 Å². The fourth-order valence-electron chi connectivity index (χ4n) is 2.13. The number of hydrogen-bond donors (Lipinski definition) is 1. The minimum Gasteiger partial charge on any atom is -0.212 e. The molecule has 2 saturated carbocycles. The summed E-state index contributed by atoms with van der Waals surface area (Å²) in [4.78, 5) is 0. The molecule has 0 spiro atoms. The second-order valence-corrected chi connectivity index (χ2v) is 8.01. The van der Waals surface area contributed by atoms with Crippen LogP contribution >= 0.6 is 0 Å². The van der Waals surface area contributed by atoms with Crippen molar-refractivity contribution in [3.63, 3.8) is 0 Å². The van der Waals surface area contributed by atoms with Crippen LogP contribution in [0, 0.1) is 11.8 Å². The van der Waals surface area contributed by atoms with Crippen molar-refractivity contribution in [2.75, 3.05) is 0 Å². The average molecular weight is 231 g/mol. The zero-order valence-electron chi connectivity index (χ0n) is 9.79. The summed E-state index contributed by atoms with van der Waals surface area (Å²) in [6, 6.07) is 0. The molecule has 4 heteroatoms. The van der Waals surface area contributed by atoms with Gasteiger partial charge >= 0.3 is 0 Å². The van der Waals surface area contributed by atoms with E-state index in [-0.39, 0.29) is 10.8 Å². The van der Waals surface area contributed by atoms with Gasteiger partial charge in [0.05, 0.1) is 5.25 Å². The van der Waals surface area contributed by atoms with Gasteiger partial charge in [-0.05, 0) is 45.4 Å². The Morgan fingerprint density at radius 3 is 2.33 bits per heavy atom. The molecule has 2 unspecified atom stereocenters. The lowest BCUT2D eigenvalue weighted by Gasteiger charge is -2.20. The summed E-state index contributed by atoms with van der Waals surface area (Å²) in [5, 5.41) is -0.0997. The molecule has 0 aromatic rings. The molecule has 2 atom stereocenters. The predicted molar refractivity (Wildman–Crippen MR) is 61.0 cm³/mol. The van der Waals surface area contributed by atoms with Crippen molar-refractivity contribution < 1.29 is 8.42 Å². The Hall–Kier alpha value is -0.0900. The predicted octanol–water partition coefficient (Wildman–Crippen LogP) is 1.89. The van der Waals surface area contributed by atoms with E-state index < -0.39 is 10.0 Å². The van der Waals surface area contributed by atoms with Crippen LogP contribution in [-0.4, -0.2) is 19.2 Å². The van der Waals surface area contributed by atoms with E-state index in [0.717, 1.165) is 18.8 Å². The van der Waals surface area contributed by atoms with E-state index in [1.165, 1.54) is 12.8 Å². The molecular formula is C11H21NO2S. The molecule has 2 aliphatic carbocycles. The van der Waals surface area contributed by atoms with Crippen LogP contribution in [0.2, 0.25) is 0 Å². The first-order valence-corrected chi connectivity index (χ1v) is 7.35. The quantitative estimate of drug-likeness (QED) is 0.803. The zero-order valence-corrected chi connectivity index (χ0v) is 10.6. The van der Waals surface area contributed by atoms with Crippen LogP contribution in [0.5, 0.6) is 0 Å². The summed E-state index contributed by atoms with van der Waals surface area (Å²) in [6.45, 7) is 5.68. The maximum absolute atomic E-state index is 11.9. The van der Waals surface area contributed by atoms with Crippen molar-refractivity contribution in [1.29, 1.82) is 0 Å². The molecule has 1 N–H and O–H groups in total. The molecule has 0 amide bonds. The third-order valence-corrected chi connectivity index (χ3v) is 5.31. The third-order valence-electron chi connectivity index (χ3n) is 3.04. The van der Waals surface area contributed by atoms with E-state index in [1.807, 2.05) is 20.8 Å². The molecular weight excluding hydrogens is 210 g/mol. The van der Waals surface area contributed by atoms with Crippen molar-refractivity contribution in [3.05, 3.63) is 0 Å². The lowest BCUT2D eigenvalue weighted by atomic mass is 10.1. The molecule has 0 heterocycles. The van der Waals surface area contributed by atoms with Crippen molar-refractivity contribution in [1.82, 2.24) is 4.72 Å². The van der Waals surface area contributed by atoms with E-state index in [4.69, 9.17) is 0 Å². The van der Waals surface area contributed by atoms with Gasteiger partial charge in [0.1, 0.15) is 0 Å². The summed E-state index contributed by atoms with van der Waals surface area (Å²) in [6.07, 6.45) is 4.64. The van der Waals surface area contributed by atoms with E-state index in [1.54, 1.807) is 0 Å². The van der Waals surface area contributed by atoms with Gasteiger partial charge in [-0.15, -0.1) is 0 Å². The van der Waals surface area contributed by atoms with E-state index >= 15 is 0 Å². The van der Waals surface area contributed by atoms with Crippen LogP contribution < -0.4 is 4.72 Å². The van der Waals surface area contributed by atoms with Crippen LogP contribution in [0.4, 0.5) is 0 Å². The minimum absolute atomic E-state index is 0.0997. The van der Waals surface area contributed by atoms with Gasteiger partial charge in [-0.3, -0.25) is 0 Å². The van der Waals surface area contributed by atoms with E-state index in [0.29, 0.717) is 5.92 Å². The van der Waals surface area contributed by atoms with Gasteiger partial charge in [0.2, 0.25) is 10.0 Å². The molecule has 0 aliphatic heterocycles. The van der Waals surface area contributed by atoms with Crippen LogP contribution in [0.3, 0.4) is 0 Å². The first-order chi connectivity index (χ1) is 6.78. The fraction of sp³-hybridized carbons (Fsp3) is 1.00. The molecule has 0 bridgehead atoms. The largest absolute Gasteiger partial charge is 0.215 e. The monoisotopic (exact) mass is 231 g/mol. The second-order valence-electron chi connectivity index (χ2n) is 6.11. The maximum atomic E-state index is 11.9. The van der Waals surface area contributed by atoms with Crippen LogP contribution in [0.1, 0.15) is 46.5 Å². The summed E-state index contributed by atoms with van der Waals surface area (Å²) >= 11 is 0. The third kappa shape index (κ3) is 3.18. The Kier molecular flexibility index (Phi) is 2.62. The highest BCUT2D eigenvalue weighted by molar-refractivity contribution is 7.90. The van der Waals surface area contributed by atoms with Crippen molar-refractivity contribution >= 4 is 10.0 Å². The fourth-order valence-corrected chi connectivity index (χ4v) is 4.26. The van der Waals surface area contributed by atoms with Crippen LogP contribution in [-0.2, 0) is 10.0 Å². The Balaban J connectivity index is 1.88. The maximum Gasteiger partial charge on any atom is 0.215 e. The number of nitrogens with one attached hydrogen (secondary N) is 1. The normalized spacial score (nSPS) is 31.7. The van der Waals surface area contributed by atoms with Gasteiger partial charge in [-0.2, -0.15) is 0 Å². The van der Waals surface area contributed by atoms with Gasteiger partial charge in [-0.25, -0.2) is 13.1 Å². The minimum atomic E-state index is -3.06. The standard InChI is InChI=1S/C11H21NO2S/c1-11(2,3)12-15(13,14)10-7-9(10)6-8-4-5-8/h8-10,12H,4-7H2,1-3H3. The number of rotatable bonds is 4. The molecule has 15 heavy (non-hydrogen) atoms. The number of hydrogen-bond acceptors (Lipinski definition) is 2. The van der Waals surface area contributed by atoms with Gasteiger partial charge in [0.25, 0.3) is 0 Å². The molecule has 0 aromatic carbocycles. The highest BCUT2D eigenvalue weighted by Crippen LogP contribution is 2.47. The molecule has 2 fully saturated rings. The van der Waals surface area contributed by atoms with Crippen molar-refractivity contribution in [2.45, 2.75) is 57.2 Å². The second kappa shape index (κ2) is 3.45. The Morgan fingerprint density at radius 2 is 1.87 bits per heavy atom. The topological polar surface area (TPSA) is 46.2 Å². The summed E-state index contributed by atoms with van der Waals surface area (Å²) in [7, 11) is -3.06. The first kappa shape index (κ1) is 11.4. The SMILES string of the molecule is CC(C)(C)NS(=O)(=O)C1CC1CC1CC1. The van der Waals surface area contributed by atoms with Crippen molar-refractivity contribution in [2.24, 2.45) is 11.8 Å².